The Morgan fingerprint density at radius 2 is 2.20 bits per heavy atom. The van der Waals surface area contributed by atoms with Crippen molar-refractivity contribution in [1.29, 1.82) is 0 Å². The zero-order chi connectivity index (χ0) is 21.5. The molecule has 3 rings (SSSR count). The average molecular weight is 432 g/mol. The van der Waals surface area contributed by atoms with E-state index in [2.05, 4.69) is 15.6 Å². The summed E-state index contributed by atoms with van der Waals surface area (Å²) in [5.74, 6) is 0.470. The molecule has 8 nitrogen and oxygen atoms in total. The first kappa shape index (κ1) is 22.0. The van der Waals surface area contributed by atoms with Crippen LogP contribution in [0.2, 0.25) is 0 Å². The monoisotopic (exact) mass is 431 g/mol. The number of likely N-dealkylation sites (tertiary alicyclic amines) is 1. The van der Waals surface area contributed by atoms with Crippen molar-refractivity contribution in [2.45, 2.75) is 12.8 Å². The Morgan fingerprint density at radius 3 is 2.97 bits per heavy atom. The number of aromatic nitrogens is 1. The van der Waals surface area contributed by atoms with Crippen LogP contribution in [0.3, 0.4) is 0 Å². The molecule has 0 saturated carbocycles. The van der Waals surface area contributed by atoms with E-state index >= 15 is 0 Å². The molecule has 1 saturated heterocycles. The second-order valence-electron chi connectivity index (χ2n) is 7.58. The number of likely N-dealkylation sites (N-methyl/N-ethyl adjacent to an activating group) is 1. The molecular formula is C21H29N5O3S. The maximum absolute atomic E-state index is 12.9. The SMILES string of the molecule is COc1cccc(Nc2nc(C(=O)N3CCCC(C(=O)NCCN(C)C)C3)cs2)c1. The molecule has 0 aliphatic carbocycles. The van der Waals surface area contributed by atoms with Crippen LogP contribution in [0.4, 0.5) is 10.8 Å². The Labute approximate surface area is 181 Å². The van der Waals surface area contributed by atoms with Crippen LogP contribution < -0.4 is 15.4 Å². The normalized spacial score (nSPS) is 16.4. The third-order valence-electron chi connectivity index (χ3n) is 4.98. The van der Waals surface area contributed by atoms with Gasteiger partial charge in [-0.1, -0.05) is 6.07 Å². The van der Waals surface area contributed by atoms with Crippen LogP contribution in [0.15, 0.2) is 29.6 Å². The van der Waals surface area contributed by atoms with Crippen LogP contribution >= 0.6 is 11.3 Å². The van der Waals surface area contributed by atoms with E-state index < -0.39 is 0 Å². The standard InChI is InChI=1S/C21H29N5O3S/c1-25(2)11-9-22-19(27)15-6-5-10-26(13-15)20(28)18-14-30-21(24-18)23-16-7-4-8-17(12-16)29-3/h4,7-8,12,14-15H,5-6,9-11,13H2,1-3H3,(H,22,27)(H,23,24). The van der Waals surface area contributed by atoms with Crippen LogP contribution in [-0.4, -0.2) is 74.0 Å². The number of carbonyl (C=O) groups is 2. The highest BCUT2D eigenvalue weighted by Gasteiger charge is 2.29. The molecule has 30 heavy (non-hydrogen) atoms. The highest BCUT2D eigenvalue weighted by Crippen LogP contribution is 2.25. The summed E-state index contributed by atoms with van der Waals surface area (Å²) < 4.78 is 5.23. The second kappa shape index (κ2) is 10.4. The summed E-state index contributed by atoms with van der Waals surface area (Å²) in [5.41, 5.74) is 1.24. The van der Waals surface area contributed by atoms with E-state index in [-0.39, 0.29) is 17.7 Å². The van der Waals surface area contributed by atoms with Crippen molar-refractivity contribution in [2.75, 3.05) is 52.7 Å². The number of carbonyl (C=O) groups excluding carboxylic acids is 2. The van der Waals surface area contributed by atoms with Gasteiger partial charge in [0.15, 0.2) is 5.13 Å². The zero-order valence-electron chi connectivity index (χ0n) is 17.7. The molecular weight excluding hydrogens is 402 g/mol. The van der Waals surface area contributed by atoms with Gasteiger partial charge in [0.05, 0.1) is 13.0 Å². The Hall–Kier alpha value is -2.65. The fourth-order valence-electron chi connectivity index (χ4n) is 3.34. The minimum absolute atomic E-state index is 0.0213. The zero-order valence-corrected chi connectivity index (χ0v) is 18.5. The number of rotatable bonds is 8. The Bertz CT molecular complexity index is 870. The number of nitrogens with one attached hydrogen (secondary N) is 2. The molecule has 1 aromatic heterocycles. The highest BCUT2D eigenvalue weighted by atomic mass is 32.1. The van der Waals surface area contributed by atoms with Gasteiger partial charge in [0.25, 0.3) is 5.91 Å². The number of nitrogens with zero attached hydrogens (tertiary/aromatic N) is 3. The topological polar surface area (TPSA) is 86.8 Å². The maximum atomic E-state index is 12.9. The molecule has 2 amide bonds. The first-order chi connectivity index (χ1) is 14.5. The Morgan fingerprint density at radius 1 is 1.37 bits per heavy atom. The summed E-state index contributed by atoms with van der Waals surface area (Å²) in [5, 5.41) is 8.57. The number of ether oxygens (including phenoxy) is 1. The van der Waals surface area contributed by atoms with Crippen LogP contribution in [0, 0.1) is 5.92 Å². The van der Waals surface area contributed by atoms with E-state index in [0.29, 0.717) is 30.5 Å². The Kier molecular flexibility index (Phi) is 7.64. The maximum Gasteiger partial charge on any atom is 0.273 e. The molecule has 1 atom stereocenters. The fraction of sp³-hybridized carbons (Fsp3) is 0.476. The fourth-order valence-corrected chi connectivity index (χ4v) is 4.04. The second-order valence-corrected chi connectivity index (χ2v) is 8.44. The lowest BCUT2D eigenvalue weighted by Crippen LogP contribution is -2.46. The van der Waals surface area contributed by atoms with Crippen molar-refractivity contribution in [1.82, 2.24) is 20.1 Å². The van der Waals surface area contributed by atoms with Gasteiger partial charge in [-0.05, 0) is 39.1 Å². The van der Waals surface area contributed by atoms with Gasteiger partial charge < -0.3 is 25.2 Å². The van der Waals surface area contributed by atoms with E-state index in [9.17, 15) is 9.59 Å². The largest absolute Gasteiger partial charge is 0.497 e. The number of benzene rings is 1. The van der Waals surface area contributed by atoms with Crippen molar-refractivity contribution < 1.29 is 14.3 Å². The molecule has 1 aromatic carbocycles. The van der Waals surface area contributed by atoms with Gasteiger partial charge in [-0.15, -0.1) is 11.3 Å². The van der Waals surface area contributed by atoms with Crippen molar-refractivity contribution in [3.05, 3.63) is 35.3 Å². The number of thiazole rings is 1. The summed E-state index contributed by atoms with van der Waals surface area (Å²) >= 11 is 1.38. The number of amides is 2. The molecule has 9 heteroatoms. The van der Waals surface area contributed by atoms with Crippen LogP contribution in [0.25, 0.3) is 0 Å². The van der Waals surface area contributed by atoms with Crippen molar-refractivity contribution in [3.8, 4) is 5.75 Å². The minimum Gasteiger partial charge on any atom is -0.497 e. The number of anilines is 2. The molecule has 1 unspecified atom stereocenters. The van der Waals surface area contributed by atoms with Crippen molar-refractivity contribution in [2.24, 2.45) is 5.92 Å². The summed E-state index contributed by atoms with van der Waals surface area (Å²) in [7, 11) is 5.56. The minimum atomic E-state index is -0.169. The highest BCUT2D eigenvalue weighted by molar-refractivity contribution is 7.14. The van der Waals surface area contributed by atoms with Crippen molar-refractivity contribution in [3.63, 3.8) is 0 Å². The van der Waals surface area contributed by atoms with Gasteiger partial charge >= 0.3 is 0 Å². The first-order valence-corrected chi connectivity index (χ1v) is 10.9. The van der Waals surface area contributed by atoms with Crippen LogP contribution in [0.1, 0.15) is 23.3 Å². The van der Waals surface area contributed by atoms with Crippen molar-refractivity contribution >= 4 is 34.0 Å². The van der Waals surface area contributed by atoms with E-state index in [0.717, 1.165) is 30.8 Å². The van der Waals surface area contributed by atoms with Gasteiger partial charge in [0, 0.05) is 43.3 Å². The van der Waals surface area contributed by atoms with Gasteiger partial charge in [-0.25, -0.2) is 4.98 Å². The van der Waals surface area contributed by atoms with Gasteiger partial charge in [-0.2, -0.15) is 0 Å². The number of hydrogen-bond donors (Lipinski definition) is 2. The van der Waals surface area contributed by atoms with Gasteiger partial charge in [0.1, 0.15) is 11.4 Å². The molecule has 1 aliphatic rings. The van der Waals surface area contributed by atoms with Gasteiger partial charge in [-0.3, -0.25) is 9.59 Å². The van der Waals surface area contributed by atoms with E-state index in [1.54, 1.807) is 17.4 Å². The quantitative estimate of drug-likeness (QED) is 0.668. The molecule has 0 spiro atoms. The molecule has 2 aromatic rings. The number of piperidine rings is 1. The van der Waals surface area contributed by atoms with Crippen LogP contribution in [-0.2, 0) is 4.79 Å². The van der Waals surface area contributed by atoms with E-state index in [4.69, 9.17) is 4.74 Å². The molecule has 1 fully saturated rings. The molecule has 162 valence electrons. The number of hydrogen-bond acceptors (Lipinski definition) is 7. The molecule has 0 bridgehead atoms. The molecule has 0 radical (unpaired) electrons. The lowest BCUT2D eigenvalue weighted by Gasteiger charge is -2.31. The third kappa shape index (κ3) is 5.93. The summed E-state index contributed by atoms with van der Waals surface area (Å²) in [6.07, 6.45) is 1.62. The summed E-state index contributed by atoms with van der Waals surface area (Å²) in [6, 6.07) is 7.53. The van der Waals surface area contributed by atoms with Crippen LogP contribution in [0.5, 0.6) is 5.75 Å². The lowest BCUT2D eigenvalue weighted by atomic mass is 9.97. The number of methoxy groups -OCH3 is 1. The average Bonchev–Trinajstić information content (AvgIpc) is 3.21. The predicted octanol–water partition coefficient (Wildman–Crippen LogP) is 2.43. The summed E-state index contributed by atoms with van der Waals surface area (Å²) in [4.78, 5) is 33.6. The summed E-state index contributed by atoms with van der Waals surface area (Å²) in [6.45, 7) is 2.49. The van der Waals surface area contributed by atoms with Gasteiger partial charge in [0.2, 0.25) is 5.91 Å². The Balaban J connectivity index is 1.57. The molecule has 2 N–H and O–H groups in total. The third-order valence-corrected chi connectivity index (χ3v) is 5.74. The molecule has 1 aliphatic heterocycles. The molecule has 2 heterocycles. The lowest BCUT2D eigenvalue weighted by molar-refractivity contribution is -0.126. The first-order valence-electron chi connectivity index (χ1n) is 10.0. The van der Waals surface area contributed by atoms with E-state index in [1.807, 2.05) is 43.3 Å². The predicted molar refractivity (Wildman–Crippen MR) is 119 cm³/mol. The van der Waals surface area contributed by atoms with E-state index in [1.165, 1.54) is 11.3 Å². The smallest absolute Gasteiger partial charge is 0.273 e.